The summed E-state index contributed by atoms with van der Waals surface area (Å²) in [6, 6.07) is 7.18. The highest BCUT2D eigenvalue weighted by atomic mass is 32.2. The number of carbonyl (C=O) groups excluding carboxylic acids is 2. The number of amides is 2. The lowest BCUT2D eigenvalue weighted by atomic mass is 10.0. The molecule has 0 bridgehead atoms. The first-order valence-electron chi connectivity index (χ1n) is 7.76. The van der Waals surface area contributed by atoms with Gasteiger partial charge in [0.05, 0.1) is 11.5 Å². The number of para-hydroxylation sites is 1. The van der Waals surface area contributed by atoms with Crippen molar-refractivity contribution in [2.75, 3.05) is 30.0 Å². The summed E-state index contributed by atoms with van der Waals surface area (Å²) in [7, 11) is -1.58. The van der Waals surface area contributed by atoms with Crippen LogP contribution in [0.3, 0.4) is 0 Å². The summed E-state index contributed by atoms with van der Waals surface area (Å²) in [6.07, 6.45) is 2.11. The standard InChI is InChI=1S/C16H20N2O4S/c1-17(13-8-10-23(21,22)11-13)15(19)16(20)18-9-4-6-12-5-2-3-7-14(12)18/h2-3,5,7,13H,4,6,8-11H2,1H3. The Morgan fingerprint density at radius 1 is 1.26 bits per heavy atom. The van der Waals surface area contributed by atoms with Crippen molar-refractivity contribution in [1.82, 2.24) is 4.90 Å². The van der Waals surface area contributed by atoms with Gasteiger partial charge in [-0.1, -0.05) is 18.2 Å². The van der Waals surface area contributed by atoms with E-state index in [2.05, 4.69) is 0 Å². The first kappa shape index (κ1) is 16.0. The fourth-order valence-electron chi connectivity index (χ4n) is 3.26. The van der Waals surface area contributed by atoms with Crippen molar-refractivity contribution in [2.24, 2.45) is 0 Å². The fourth-order valence-corrected chi connectivity index (χ4v) is 5.03. The van der Waals surface area contributed by atoms with Crippen molar-refractivity contribution in [2.45, 2.75) is 25.3 Å². The van der Waals surface area contributed by atoms with Gasteiger partial charge in [-0.05, 0) is 30.9 Å². The molecule has 2 amide bonds. The predicted molar refractivity (Wildman–Crippen MR) is 86.9 cm³/mol. The Bertz CT molecular complexity index is 744. The largest absolute Gasteiger partial charge is 0.333 e. The number of carbonyl (C=O) groups is 2. The summed E-state index contributed by atoms with van der Waals surface area (Å²) in [5.41, 5.74) is 1.84. The highest BCUT2D eigenvalue weighted by molar-refractivity contribution is 7.91. The van der Waals surface area contributed by atoms with Crippen LogP contribution in [0.5, 0.6) is 0 Å². The van der Waals surface area contributed by atoms with Gasteiger partial charge in [0.2, 0.25) is 0 Å². The van der Waals surface area contributed by atoms with Crippen LogP contribution < -0.4 is 4.90 Å². The third-order valence-electron chi connectivity index (χ3n) is 4.61. The van der Waals surface area contributed by atoms with Gasteiger partial charge in [-0.25, -0.2) is 8.42 Å². The Balaban J connectivity index is 1.77. The van der Waals surface area contributed by atoms with Crippen molar-refractivity contribution in [3.8, 4) is 0 Å². The van der Waals surface area contributed by atoms with Gasteiger partial charge in [0, 0.05) is 25.3 Å². The molecule has 2 aliphatic heterocycles. The number of sulfone groups is 1. The van der Waals surface area contributed by atoms with Crippen molar-refractivity contribution in [3.63, 3.8) is 0 Å². The normalized spacial score (nSPS) is 22.5. The van der Waals surface area contributed by atoms with Crippen LogP contribution in [0.1, 0.15) is 18.4 Å². The van der Waals surface area contributed by atoms with E-state index in [0.717, 1.165) is 24.1 Å². The zero-order valence-electron chi connectivity index (χ0n) is 13.1. The van der Waals surface area contributed by atoms with E-state index >= 15 is 0 Å². The maximum atomic E-state index is 12.6. The molecule has 1 atom stereocenters. The summed E-state index contributed by atoms with van der Waals surface area (Å²) in [5, 5.41) is 0. The maximum Gasteiger partial charge on any atom is 0.316 e. The lowest BCUT2D eigenvalue weighted by Gasteiger charge is -2.31. The van der Waals surface area contributed by atoms with Gasteiger partial charge in [0.15, 0.2) is 9.84 Å². The Labute approximate surface area is 136 Å². The van der Waals surface area contributed by atoms with Gasteiger partial charge in [-0.15, -0.1) is 0 Å². The van der Waals surface area contributed by atoms with E-state index in [9.17, 15) is 18.0 Å². The van der Waals surface area contributed by atoms with E-state index in [1.165, 1.54) is 16.8 Å². The second-order valence-corrected chi connectivity index (χ2v) is 8.39. The third-order valence-corrected chi connectivity index (χ3v) is 6.37. The molecule has 1 aromatic carbocycles. The van der Waals surface area contributed by atoms with Crippen molar-refractivity contribution in [3.05, 3.63) is 29.8 Å². The summed E-state index contributed by atoms with van der Waals surface area (Å²) >= 11 is 0. The SMILES string of the molecule is CN(C(=O)C(=O)N1CCCc2ccccc21)C1CCS(=O)(=O)C1. The summed E-state index contributed by atoms with van der Waals surface area (Å²) in [4.78, 5) is 27.9. The van der Waals surface area contributed by atoms with Crippen LogP contribution in [0.25, 0.3) is 0 Å². The molecule has 0 aliphatic carbocycles. The van der Waals surface area contributed by atoms with E-state index < -0.39 is 27.7 Å². The van der Waals surface area contributed by atoms with E-state index in [1.807, 2.05) is 24.3 Å². The molecule has 0 radical (unpaired) electrons. The molecule has 1 aromatic rings. The molecule has 0 saturated carbocycles. The molecule has 2 heterocycles. The molecule has 6 nitrogen and oxygen atoms in total. The van der Waals surface area contributed by atoms with Gasteiger partial charge in [-0.2, -0.15) is 0 Å². The van der Waals surface area contributed by atoms with Crippen LogP contribution in [0.15, 0.2) is 24.3 Å². The number of fused-ring (bicyclic) bond motifs is 1. The number of rotatable bonds is 1. The van der Waals surface area contributed by atoms with Crippen LogP contribution >= 0.6 is 0 Å². The molecule has 1 unspecified atom stereocenters. The average molecular weight is 336 g/mol. The van der Waals surface area contributed by atoms with E-state index in [0.29, 0.717) is 13.0 Å². The minimum absolute atomic E-state index is 0.0564. The van der Waals surface area contributed by atoms with Crippen LogP contribution in [0.2, 0.25) is 0 Å². The van der Waals surface area contributed by atoms with Crippen molar-refractivity contribution in [1.29, 1.82) is 0 Å². The molecule has 1 fully saturated rings. The number of aryl methyl sites for hydroxylation is 1. The van der Waals surface area contributed by atoms with Gasteiger partial charge >= 0.3 is 11.8 Å². The van der Waals surface area contributed by atoms with Gasteiger partial charge in [-0.3, -0.25) is 9.59 Å². The maximum absolute atomic E-state index is 12.6. The van der Waals surface area contributed by atoms with Gasteiger partial charge < -0.3 is 9.80 Å². The molecule has 0 aromatic heterocycles. The van der Waals surface area contributed by atoms with E-state index in [1.54, 1.807) is 0 Å². The summed E-state index contributed by atoms with van der Waals surface area (Å²) in [6.45, 7) is 0.512. The minimum atomic E-state index is -3.09. The predicted octanol–water partition coefficient (Wildman–Crippen LogP) is 0.611. The summed E-state index contributed by atoms with van der Waals surface area (Å²) < 4.78 is 23.1. The number of nitrogens with zero attached hydrogens (tertiary/aromatic N) is 2. The minimum Gasteiger partial charge on any atom is -0.333 e. The fraction of sp³-hybridized carbons (Fsp3) is 0.500. The Hall–Kier alpha value is -1.89. The zero-order chi connectivity index (χ0) is 16.6. The Morgan fingerprint density at radius 2 is 2.00 bits per heavy atom. The van der Waals surface area contributed by atoms with E-state index in [4.69, 9.17) is 0 Å². The molecule has 7 heteroatoms. The molecule has 124 valence electrons. The molecule has 3 rings (SSSR count). The van der Waals surface area contributed by atoms with Gasteiger partial charge in [0.1, 0.15) is 0 Å². The van der Waals surface area contributed by atoms with Crippen LogP contribution in [0, 0.1) is 0 Å². The van der Waals surface area contributed by atoms with Crippen LogP contribution in [-0.2, 0) is 25.8 Å². The van der Waals surface area contributed by atoms with Crippen molar-refractivity contribution >= 4 is 27.3 Å². The molecule has 23 heavy (non-hydrogen) atoms. The first-order chi connectivity index (χ1) is 10.9. The quantitative estimate of drug-likeness (QED) is 0.704. The van der Waals surface area contributed by atoms with Crippen molar-refractivity contribution < 1.29 is 18.0 Å². The molecule has 0 N–H and O–H groups in total. The monoisotopic (exact) mass is 336 g/mol. The van der Waals surface area contributed by atoms with Gasteiger partial charge in [0.25, 0.3) is 0 Å². The Kier molecular flexibility index (Phi) is 4.14. The first-order valence-corrected chi connectivity index (χ1v) is 9.58. The highest BCUT2D eigenvalue weighted by Gasteiger charge is 2.37. The molecular formula is C16H20N2O4S. The second kappa shape index (κ2) is 5.96. The average Bonchev–Trinajstić information content (AvgIpc) is 2.92. The smallest absolute Gasteiger partial charge is 0.316 e. The number of benzene rings is 1. The third kappa shape index (κ3) is 3.10. The molecule has 2 aliphatic rings. The second-order valence-electron chi connectivity index (χ2n) is 6.16. The van der Waals surface area contributed by atoms with Crippen LogP contribution in [0.4, 0.5) is 5.69 Å². The number of hydrogen-bond acceptors (Lipinski definition) is 4. The van der Waals surface area contributed by atoms with E-state index in [-0.39, 0.29) is 11.5 Å². The summed E-state index contributed by atoms with van der Waals surface area (Å²) in [5.74, 6) is -1.19. The molecule has 1 saturated heterocycles. The number of hydrogen-bond donors (Lipinski definition) is 0. The van der Waals surface area contributed by atoms with Crippen LogP contribution in [-0.4, -0.2) is 56.3 Å². The lowest BCUT2D eigenvalue weighted by Crippen LogP contribution is -2.49. The number of likely N-dealkylation sites (N-methyl/N-ethyl adjacent to an activating group) is 1. The lowest BCUT2D eigenvalue weighted by molar-refractivity contribution is -0.144. The zero-order valence-corrected chi connectivity index (χ0v) is 13.9. The molecule has 0 spiro atoms. The number of anilines is 1. The highest BCUT2D eigenvalue weighted by Crippen LogP contribution is 2.27. The Morgan fingerprint density at radius 3 is 2.70 bits per heavy atom. The molecular weight excluding hydrogens is 316 g/mol. The topological polar surface area (TPSA) is 74.8 Å².